The zero-order valence-corrected chi connectivity index (χ0v) is 10.5. The van der Waals surface area contributed by atoms with Crippen molar-refractivity contribution in [3.8, 4) is 0 Å². The van der Waals surface area contributed by atoms with E-state index in [0.29, 0.717) is 12.6 Å². The van der Waals surface area contributed by atoms with Crippen molar-refractivity contribution in [2.75, 3.05) is 19.7 Å². The van der Waals surface area contributed by atoms with Crippen LogP contribution in [0.1, 0.15) is 43.7 Å². The normalized spacial score (nSPS) is 21.6. The number of benzene rings is 1. The van der Waals surface area contributed by atoms with Crippen LogP contribution in [0.5, 0.6) is 0 Å². The molecule has 1 aliphatic rings. The van der Waals surface area contributed by atoms with Crippen molar-refractivity contribution in [2.45, 2.75) is 38.1 Å². The average Bonchev–Trinajstić information content (AvgIpc) is 2.41. The summed E-state index contributed by atoms with van der Waals surface area (Å²) in [6.07, 6.45) is 5.99. The van der Waals surface area contributed by atoms with E-state index in [1.54, 1.807) is 0 Å². The van der Waals surface area contributed by atoms with E-state index >= 15 is 0 Å². The van der Waals surface area contributed by atoms with Crippen LogP contribution in [-0.2, 0) is 0 Å². The van der Waals surface area contributed by atoms with Crippen molar-refractivity contribution in [1.29, 1.82) is 0 Å². The molecular weight excluding hydrogens is 210 g/mol. The number of hydrogen-bond donors (Lipinski definition) is 1. The summed E-state index contributed by atoms with van der Waals surface area (Å²) in [6, 6.07) is 11.4. The van der Waals surface area contributed by atoms with E-state index < -0.39 is 0 Å². The van der Waals surface area contributed by atoms with E-state index in [0.717, 1.165) is 19.4 Å². The number of piperidine rings is 1. The molecule has 1 fully saturated rings. The largest absolute Gasteiger partial charge is 0.396 e. The molecule has 2 heteroatoms. The molecule has 0 aromatic heterocycles. The van der Waals surface area contributed by atoms with Gasteiger partial charge in [-0.25, -0.2) is 0 Å². The van der Waals surface area contributed by atoms with Gasteiger partial charge < -0.3 is 5.11 Å². The molecule has 0 amide bonds. The maximum absolute atomic E-state index is 8.86. The van der Waals surface area contributed by atoms with Gasteiger partial charge in [0.1, 0.15) is 0 Å². The first kappa shape index (κ1) is 12.6. The van der Waals surface area contributed by atoms with Crippen molar-refractivity contribution in [3.63, 3.8) is 0 Å². The Morgan fingerprint density at radius 2 is 1.94 bits per heavy atom. The highest BCUT2D eigenvalue weighted by Crippen LogP contribution is 2.30. The lowest BCUT2D eigenvalue weighted by atomic mass is 9.95. The van der Waals surface area contributed by atoms with Gasteiger partial charge in [0.05, 0.1) is 0 Å². The van der Waals surface area contributed by atoms with Gasteiger partial charge in [-0.05, 0) is 44.3 Å². The number of aliphatic hydroxyl groups excluding tert-OH is 1. The number of unbranched alkanes of at least 4 members (excludes halogenated alkanes) is 1. The summed E-state index contributed by atoms with van der Waals surface area (Å²) in [6.45, 7) is 2.66. The van der Waals surface area contributed by atoms with Gasteiger partial charge in [0, 0.05) is 12.6 Å². The predicted octanol–water partition coefficient (Wildman–Crippen LogP) is 2.99. The van der Waals surface area contributed by atoms with Crippen LogP contribution in [0.2, 0.25) is 0 Å². The first-order valence-electron chi connectivity index (χ1n) is 6.81. The Balaban J connectivity index is 1.97. The molecule has 0 bridgehead atoms. The maximum atomic E-state index is 8.86. The predicted molar refractivity (Wildman–Crippen MR) is 70.9 cm³/mol. The Kier molecular flexibility index (Phi) is 5.02. The van der Waals surface area contributed by atoms with Crippen LogP contribution in [-0.4, -0.2) is 29.7 Å². The van der Waals surface area contributed by atoms with Crippen LogP contribution in [0, 0.1) is 0 Å². The van der Waals surface area contributed by atoms with Crippen molar-refractivity contribution in [3.05, 3.63) is 35.9 Å². The van der Waals surface area contributed by atoms with Crippen molar-refractivity contribution in [2.24, 2.45) is 0 Å². The molecule has 1 heterocycles. The molecule has 1 N–H and O–H groups in total. The molecule has 2 rings (SSSR count). The first-order chi connectivity index (χ1) is 8.42. The Morgan fingerprint density at radius 1 is 1.12 bits per heavy atom. The Hall–Kier alpha value is -0.860. The summed E-state index contributed by atoms with van der Waals surface area (Å²) < 4.78 is 0. The van der Waals surface area contributed by atoms with Gasteiger partial charge in [-0.3, -0.25) is 4.90 Å². The van der Waals surface area contributed by atoms with Crippen LogP contribution in [0.4, 0.5) is 0 Å². The Bertz CT molecular complexity index is 312. The van der Waals surface area contributed by atoms with Crippen LogP contribution >= 0.6 is 0 Å². The fraction of sp³-hybridized carbons (Fsp3) is 0.600. The third-order valence-electron chi connectivity index (χ3n) is 3.65. The van der Waals surface area contributed by atoms with Crippen LogP contribution in [0.3, 0.4) is 0 Å². The van der Waals surface area contributed by atoms with E-state index in [1.807, 2.05) is 0 Å². The lowest BCUT2D eigenvalue weighted by Gasteiger charge is -2.36. The molecule has 0 saturated carbocycles. The zero-order valence-electron chi connectivity index (χ0n) is 10.5. The van der Waals surface area contributed by atoms with Crippen LogP contribution < -0.4 is 0 Å². The minimum atomic E-state index is 0.323. The molecular formula is C15H23NO. The number of likely N-dealkylation sites (tertiary alicyclic amines) is 1. The third kappa shape index (κ3) is 3.55. The maximum Gasteiger partial charge on any atom is 0.0431 e. The highest BCUT2D eigenvalue weighted by atomic mass is 16.2. The lowest BCUT2D eigenvalue weighted by molar-refractivity contribution is 0.142. The summed E-state index contributed by atoms with van der Waals surface area (Å²) in [7, 11) is 0. The summed E-state index contributed by atoms with van der Waals surface area (Å²) >= 11 is 0. The molecule has 17 heavy (non-hydrogen) atoms. The van der Waals surface area contributed by atoms with E-state index in [1.165, 1.54) is 31.4 Å². The SMILES string of the molecule is OCCCCN1CCCCC1c1ccccc1. The lowest BCUT2D eigenvalue weighted by Crippen LogP contribution is -2.34. The highest BCUT2D eigenvalue weighted by Gasteiger charge is 2.22. The summed E-state index contributed by atoms with van der Waals surface area (Å²) in [5.41, 5.74) is 1.45. The fourth-order valence-corrected chi connectivity index (χ4v) is 2.74. The van der Waals surface area contributed by atoms with E-state index in [2.05, 4.69) is 35.2 Å². The van der Waals surface area contributed by atoms with Gasteiger partial charge in [0.25, 0.3) is 0 Å². The second-order valence-corrected chi connectivity index (χ2v) is 4.89. The smallest absolute Gasteiger partial charge is 0.0431 e. The van der Waals surface area contributed by atoms with Crippen molar-refractivity contribution < 1.29 is 5.11 Å². The van der Waals surface area contributed by atoms with Gasteiger partial charge in [0.15, 0.2) is 0 Å². The van der Waals surface area contributed by atoms with E-state index in [9.17, 15) is 0 Å². The van der Waals surface area contributed by atoms with E-state index in [4.69, 9.17) is 5.11 Å². The summed E-state index contributed by atoms with van der Waals surface area (Å²) in [4.78, 5) is 2.59. The van der Waals surface area contributed by atoms with Gasteiger partial charge in [-0.1, -0.05) is 36.8 Å². The van der Waals surface area contributed by atoms with Gasteiger partial charge >= 0.3 is 0 Å². The number of nitrogens with zero attached hydrogens (tertiary/aromatic N) is 1. The van der Waals surface area contributed by atoms with Crippen LogP contribution in [0.15, 0.2) is 30.3 Å². The second kappa shape index (κ2) is 6.77. The summed E-state index contributed by atoms with van der Waals surface area (Å²) in [5.74, 6) is 0. The van der Waals surface area contributed by atoms with Crippen LogP contribution in [0.25, 0.3) is 0 Å². The average molecular weight is 233 g/mol. The van der Waals surface area contributed by atoms with Crippen molar-refractivity contribution >= 4 is 0 Å². The highest BCUT2D eigenvalue weighted by molar-refractivity contribution is 5.19. The number of hydrogen-bond acceptors (Lipinski definition) is 2. The first-order valence-corrected chi connectivity index (χ1v) is 6.81. The molecule has 1 atom stereocenters. The Labute approximate surface area is 104 Å². The number of rotatable bonds is 5. The molecule has 1 saturated heterocycles. The van der Waals surface area contributed by atoms with Gasteiger partial charge in [0.2, 0.25) is 0 Å². The molecule has 1 aromatic carbocycles. The third-order valence-corrected chi connectivity index (χ3v) is 3.65. The molecule has 0 spiro atoms. The quantitative estimate of drug-likeness (QED) is 0.790. The molecule has 94 valence electrons. The Morgan fingerprint density at radius 3 is 2.71 bits per heavy atom. The molecule has 2 nitrogen and oxygen atoms in total. The molecule has 1 aliphatic heterocycles. The van der Waals surface area contributed by atoms with Gasteiger partial charge in [-0.15, -0.1) is 0 Å². The fourth-order valence-electron chi connectivity index (χ4n) is 2.74. The topological polar surface area (TPSA) is 23.5 Å². The summed E-state index contributed by atoms with van der Waals surface area (Å²) in [5, 5.41) is 8.86. The number of aliphatic hydroxyl groups is 1. The zero-order chi connectivity index (χ0) is 11.9. The second-order valence-electron chi connectivity index (χ2n) is 4.89. The van der Waals surface area contributed by atoms with Gasteiger partial charge in [-0.2, -0.15) is 0 Å². The molecule has 1 unspecified atom stereocenters. The molecule has 1 aromatic rings. The minimum absolute atomic E-state index is 0.323. The molecule has 0 radical (unpaired) electrons. The van der Waals surface area contributed by atoms with Crippen molar-refractivity contribution in [1.82, 2.24) is 4.90 Å². The minimum Gasteiger partial charge on any atom is -0.396 e. The monoisotopic (exact) mass is 233 g/mol. The van der Waals surface area contributed by atoms with E-state index in [-0.39, 0.29) is 0 Å². The standard InChI is InChI=1S/C15H23NO/c17-13-7-6-12-16-11-5-4-10-15(16)14-8-2-1-3-9-14/h1-3,8-9,15,17H,4-7,10-13H2. The molecule has 0 aliphatic carbocycles.